The maximum absolute atomic E-state index is 10.6. The van der Waals surface area contributed by atoms with Crippen molar-refractivity contribution < 1.29 is 9.53 Å². The molecule has 0 unspecified atom stereocenters. The van der Waals surface area contributed by atoms with E-state index in [0.717, 1.165) is 24.1 Å². The molecule has 2 rings (SSSR count). The molecule has 0 amide bonds. The Morgan fingerprint density at radius 3 is 2.79 bits per heavy atom. The summed E-state index contributed by atoms with van der Waals surface area (Å²) in [4.78, 5) is 14.9. The maximum Gasteiger partial charge on any atom is 0.302 e. The van der Waals surface area contributed by atoms with E-state index in [4.69, 9.17) is 4.74 Å². The van der Waals surface area contributed by atoms with Crippen molar-refractivity contribution in [3.05, 3.63) is 53.2 Å². The average molecular weight is 255 g/mol. The van der Waals surface area contributed by atoms with Crippen molar-refractivity contribution in [3.63, 3.8) is 0 Å². The van der Waals surface area contributed by atoms with Crippen LogP contribution in [0.3, 0.4) is 0 Å². The highest BCUT2D eigenvalue weighted by atomic mass is 16.5. The molecule has 3 heteroatoms. The largest absolute Gasteiger partial charge is 0.462 e. The fourth-order valence-corrected chi connectivity index (χ4v) is 1.83. The minimum absolute atomic E-state index is 0.259. The van der Waals surface area contributed by atoms with Crippen LogP contribution in [0.25, 0.3) is 6.08 Å². The smallest absolute Gasteiger partial charge is 0.302 e. The Morgan fingerprint density at radius 1 is 1.37 bits per heavy atom. The van der Waals surface area contributed by atoms with E-state index in [9.17, 15) is 4.79 Å². The van der Waals surface area contributed by atoms with E-state index in [0.29, 0.717) is 6.61 Å². The lowest BCUT2D eigenvalue weighted by molar-refractivity contribution is -0.139. The first kappa shape index (κ1) is 13.3. The van der Waals surface area contributed by atoms with Crippen LogP contribution in [0.4, 0.5) is 0 Å². The number of hydrogen-bond acceptors (Lipinski definition) is 3. The Bertz CT molecular complexity index is 524. The van der Waals surface area contributed by atoms with Crippen LogP contribution in [0.1, 0.15) is 24.5 Å². The second-order valence-electron chi connectivity index (χ2n) is 4.37. The minimum Gasteiger partial charge on any atom is -0.462 e. The van der Waals surface area contributed by atoms with Gasteiger partial charge in [-0.3, -0.25) is 9.79 Å². The van der Waals surface area contributed by atoms with Crippen molar-refractivity contribution >= 4 is 18.3 Å². The van der Waals surface area contributed by atoms with Crippen LogP contribution < -0.4 is 0 Å². The number of carbonyl (C=O) groups excluding carboxylic acids is 1. The molecule has 0 atom stereocenters. The number of hydrogen-bond donors (Lipinski definition) is 0. The predicted octanol–water partition coefficient (Wildman–Crippen LogP) is 3.16. The van der Waals surface area contributed by atoms with Crippen LogP contribution in [0.15, 0.2) is 47.1 Å². The molecule has 0 radical (unpaired) electrons. The number of nitrogens with zero attached hydrogens (tertiary/aromatic N) is 1. The molecule has 1 heterocycles. The van der Waals surface area contributed by atoms with Gasteiger partial charge in [-0.05, 0) is 17.2 Å². The van der Waals surface area contributed by atoms with Crippen LogP contribution in [0.5, 0.6) is 0 Å². The summed E-state index contributed by atoms with van der Waals surface area (Å²) in [5, 5.41) is 0. The molecule has 0 fully saturated rings. The Labute approximate surface area is 113 Å². The third-order valence-electron chi connectivity index (χ3n) is 2.77. The van der Waals surface area contributed by atoms with Gasteiger partial charge in [0.05, 0.1) is 0 Å². The third-order valence-corrected chi connectivity index (χ3v) is 2.77. The molecule has 19 heavy (non-hydrogen) atoms. The number of carbonyl (C=O) groups is 1. The van der Waals surface area contributed by atoms with E-state index < -0.39 is 0 Å². The predicted molar refractivity (Wildman–Crippen MR) is 77.0 cm³/mol. The number of rotatable bonds is 5. The molecule has 0 saturated heterocycles. The van der Waals surface area contributed by atoms with Crippen molar-refractivity contribution in [1.29, 1.82) is 0 Å². The lowest BCUT2D eigenvalue weighted by atomic mass is 10.1. The Morgan fingerprint density at radius 2 is 2.16 bits per heavy atom. The molecule has 98 valence electrons. The molecule has 1 aromatic rings. The normalized spacial score (nSPS) is 13.8. The number of allylic oxidation sites excluding steroid dienone is 2. The summed E-state index contributed by atoms with van der Waals surface area (Å²) in [5.41, 5.74) is 3.49. The van der Waals surface area contributed by atoms with Gasteiger partial charge in [0.1, 0.15) is 6.61 Å². The second-order valence-corrected chi connectivity index (χ2v) is 4.37. The van der Waals surface area contributed by atoms with E-state index >= 15 is 0 Å². The molecule has 0 spiro atoms. The lowest BCUT2D eigenvalue weighted by Gasteiger charge is -2.01. The number of ether oxygens (including phenoxy) is 1. The van der Waals surface area contributed by atoms with Gasteiger partial charge in [-0.2, -0.15) is 0 Å². The van der Waals surface area contributed by atoms with Gasteiger partial charge in [-0.25, -0.2) is 0 Å². The highest BCUT2D eigenvalue weighted by molar-refractivity contribution is 5.66. The van der Waals surface area contributed by atoms with Gasteiger partial charge in [0.2, 0.25) is 0 Å². The van der Waals surface area contributed by atoms with Crippen molar-refractivity contribution in [3.8, 4) is 0 Å². The van der Waals surface area contributed by atoms with Gasteiger partial charge in [-0.1, -0.05) is 36.4 Å². The summed E-state index contributed by atoms with van der Waals surface area (Å²) in [6, 6.07) is 8.30. The highest BCUT2D eigenvalue weighted by Crippen LogP contribution is 2.14. The van der Waals surface area contributed by atoms with Crippen molar-refractivity contribution in [2.24, 2.45) is 4.99 Å². The molecule has 3 nitrogen and oxygen atoms in total. The van der Waals surface area contributed by atoms with Crippen molar-refractivity contribution in [2.75, 3.05) is 6.61 Å². The number of esters is 1. The number of benzene rings is 1. The molecule has 1 aliphatic heterocycles. The van der Waals surface area contributed by atoms with Crippen LogP contribution in [-0.4, -0.2) is 18.8 Å². The molecule has 0 saturated carbocycles. The fraction of sp³-hybridized carbons (Fsp3) is 0.250. The second kappa shape index (κ2) is 6.69. The van der Waals surface area contributed by atoms with Crippen molar-refractivity contribution in [1.82, 2.24) is 0 Å². The quantitative estimate of drug-likeness (QED) is 0.758. The van der Waals surface area contributed by atoms with Gasteiger partial charge < -0.3 is 4.74 Å². The van der Waals surface area contributed by atoms with Crippen LogP contribution in [0, 0.1) is 0 Å². The molecule has 0 N–H and O–H groups in total. The van der Waals surface area contributed by atoms with Gasteiger partial charge in [0, 0.05) is 31.7 Å². The first-order valence-corrected chi connectivity index (χ1v) is 6.34. The standard InChI is InChI=1S/C16H17NO2/c1-13(18)19-11-3-4-14-6-8-15(9-7-14)12-16-5-2-10-17-16/h3-10H,2,11-12H2,1H3/b4-3+. The lowest BCUT2D eigenvalue weighted by Crippen LogP contribution is -1.97. The highest BCUT2D eigenvalue weighted by Gasteiger charge is 2.00. The van der Waals surface area contributed by atoms with Gasteiger partial charge in [0.15, 0.2) is 0 Å². The molecular weight excluding hydrogens is 238 g/mol. The van der Waals surface area contributed by atoms with Crippen LogP contribution >= 0.6 is 0 Å². The molecular formula is C16H17NO2. The van der Waals surface area contributed by atoms with E-state index in [1.807, 2.05) is 18.4 Å². The van der Waals surface area contributed by atoms with E-state index in [2.05, 4.69) is 35.3 Å². The van der Waals surface area contributed by atoms with Crippen LogP contribution in [-0.2, 0) is 16.0 Å². The van der Waals surface area contributed by atoms with Gasteiger partial charge in [-0.15, -0.1) is 0 Å². The molecule has 0 aromatic heterocycles. The van der Waals surface area contributed by atoms with Crippen LogP contribution in [0.2, 0.25) is 0 Å². The minimum atomic E-state index is -0.259. The summed E-state index contributed by atoms with van der Waals surface area (Å²) in [5.74, 6) is -0.259. The first-order valence-electron chi connectivity index (χ1n) is 6.34. The van der Waals surface area contributed by atoms with E-state index in [1.54, 1.807) is 0 Å². The summed E-state index contributed by atoms with van der Waals surface area (Å²) in [6.45, 7) is 1.72. The monoisotopic (exact) mass is 255 g/mol. The average Bonchev–Trinajstić information content (AvgIpc) is 2.89. The zero-order valence-corrected chi connectivity index (χ0v) is 11.0. The van der Waals surface area contributed by atoms with Gasteiger partial charge >= 0.3 is 5.97 Å². The summed E-state index contributed by atoms with van der Waals surface area (Å²) >= 11 is 0. The first-order chi connectivity index (χ1) is 9.24. The number of aliphatic imine (C=N–C) groups is 1. The fourth-order valence-electron chi connectivity index (χ4n) is 1.83. The van der Waals surface area contributed by atoms with E-state index in [1.165, 1.54) is 12.5 Å². The summed E-state index contributed by atoms with van der Waals surface area (Å²) < 4.78 is 4.83. The molecule has 1 aliphatic rings. The Balaban J connectivity index is 1.87. The third kappa shape index (κ3) is 4.54. The maximum atomic E-state index is 10.6. The summed E-state index contributed by atoms with van der Waals surface area (Å²) in [7, 11) is 0. The Hall–Kier alpha value is -2.16. The molecule has 0 bridgehead atoms. The zero-order valence-electron chi connectivity index (χ0n) is 11.0. The molecule has 0 aliphatic carbocycles. The summed E-state index contributed by atoms with van der Waals surface area (Å²) in [6.07, 6.45) is 9.69. The van der Waals surface area contributed by atoms with Crippen molar-refractivity contribution in [2.45, 2.75) is 19.8 Å². The topological polar surface area (TPSA) is 38.7 Å². The van der Waals surface area contributed by atoms with E-state index in [-0.39, 0.29) is 5.97 Å². The SMILES string of the molecule is CC(=O)OC/C=C/c1ccc(CC2=CCC=N2)cc1. The Kier molecular flexibility index (Phi) is 4.67. The molecule has 1 aromatic carbocycles. The zero-order chi connectivity index (χ0) is 13.5. The van der Waals surface area contributed by atoms with Gasteiger partial charge in [0.25, 0.3) is 0 Å².